The Hall–Kier alpha value is -3.54. The molecule has 1 N–H and O–H groups in total. The number of hydrogen-bond acceptors (Lipinski definition) is 4. The van der Waals surface area contributed by atoms with Crippen LogP contribution >= 0.6 is 0 Å². The number of non-ortho nitro benzene ring substituents is 1. The molecule has 0 aliphatic rings. The number of rotatable bonds is 4. The Bertz CT molecular complexity index is 951. The van der Waals surface area contributed by atoms with Gasteiger partial charge in [-0.05, 0) is 23.8 Å². The van der Waals surface area contributed by atoms with E-state index in [0.29, 0.717) is 11.3 Å². The Morgan fingerprint density at radius 1 is 1.12 bits per heavy atom. The summed E-state index contributed by atoms with van der Waals surface area (Å²) in [6.45, 7) is 0. The van der Waals surface area contributed by atoms with Gasteiger partial charge in [-0.15, -0.1) is 0 Å². The molecule has 6 nitrogen and oxygen atoms in total. The molecule has 24 heavy (non-hydrogen) atoms. The Kier molecular flexibility index (Phi) is 4.29. The number of anilines is 1. The first kappa shape index (κ1) is 15.4. The zero-order valence-electron chi connectivity index (χ0n) is 12.5. The van der Waals surface area contributed by atoms with E-state index in [1.54, 1.807) is 18.3 Å². The van der Waals surface area contributed by atoms with Crippen LogP contribution in [-0.2, 0) is 4.79 Å². The minimum atomic E-state index is -0.474. The van der Waals surface area contributed by atoms with E-state index in [9.17, 15) is 14.9 Å². The highest BCUT2D eigenvalue weighted by atomic mass is 16.6. The predicted octanol–water partition coefficient (Wildman–Crippen LogP) is 3.79. The number of carbonyl (C=O) groups excluding carboxylic acids is 1. The number of amides is 1. The van der Waals surface area contributed by atoms with Gasteiger partial charge in [-0.1, -0.05) is 30.3 Å². The first-order valence-corrected chi connectivity index (χ1v) is 7.20. The molecule has 3 aromatic rings. The molecular formula is C18H13N3O3. The average molecular weight is 319 g/mol. The van der Waals surface area contributed by atoms with E-state index in [4.69, 9.17) is 0 Å². The number of fused-ring (bicyclic) bond motifs is 1. The van der Waals surface area contributed by atoms with Gasteiger partial charge in [0, 0.05) is 23.6 Å². The van der Waals surface area contributed by atoms with Crippen LogP contribution in [0.3, 0.4) is 0 Å². The lowest BCUT2D eigenvalue weighted by Gasteiger charge is -2.03. The number of aromatic nitrogens is 1. The highest BCUT2D eigenvalue weighted by molar-refractivity contribution is 6.02. The van der Waals surface area contributed by atoms with Crippen LogP contribution in [0.1, 0.15) is 5.56 Å². The lowest BCUT2D eigenvalue weighted by Crippen LogP contribution is -2.07. The molecule has 1 aromatic heterocycles. The van der Waals surface area contributed by atoms with Gasteiger partial charge in [0.25, 0.3) is 5.69 Å². The number of nitrogens with zero attached hydrogens (tertiary/aromatic N) is 2. The van der Waals surface area contributed by atoms with Gasteiger partial charge in [-0.2, -0.15) is 0 Å². The number of nitrogens with one attached hydrogen (secondary N) is 1. The molecule has 6 heteroatoms. The number of hydrogen-bond donors (Lipinski definition) is 1. The largest absolute Gasteiger partial charge is 0.321 e. The summed E-state index contributed by atoms with van der Waals surface area (Å²) < 4.78 is 0. The monoisotopic (exact) mass is 319 g/mol. The first-order valence-electron chi connectivity index (χ1n) is 7.20. The minimum absolute atomic E-state index is 0.0173. The predicted molar refractivity (Wildman–Crippen MR) is 92.5 cm³/mol. The van der Waals surface area contributed by atoms with Gasteiger partial charge >= 0.3 is 0 Å². The third-order valence-electron chi connectivity index (χ3n) is 3.37. The van der Waals surface area contributed by atoms with E-state index in [2.05, 4.69) is 10.3 Å². The Morgan fingerprint density at radius 3 is 2.79 bits per heavy atom. The fourth-order valence-corrected chi connectivity index (χ4v) is 2.24. The fraction of sp³-hybridized carbons (Fsp3) is 0. The van der Waals surface area contributed by atoms with E-state index >= 15 is 0 Å². The topological polar surface area (TPSA) is 85.1 Å². The standard InChI is InChI=1S/C18H13N3O3/c22-18(9-8-13-4-3-6-16(10-13)21(23)24)20-15-11-14-5-1-2-7-17(14)19-12-15/h1-12H,(H,20,22)/b9-8+. The van der Waals surface area contributed by atoms with Crippen LogP contribution in [0.5, 0.6) is 0 Å². The van der Waals surface area contributed by atoms with Crippen LogP contribution in [0.15, 0.2) is 66.9 Å². The third-order valence-corrected chi connectivity index (χ3v) is 3.37. The fourth-order valence-electron chi connectivity index (χ4n) is 2.24. The van der Waals surface area contributed by atoms with Gasteiger partial charge in [-0.25, -0.2) is 0 Å². The van der Waals surface area contributed by atoms with Gasteiger partial charge in [0.05, 0.1) is 22.3 Å². The maximum atomic E-state index is 12.0. The average Bonchev–Trinajstić information content (AvgIpc) is 2.60. The maximum absolute atomic E-state index is 12.0. The van der Waals surface area contributed by atoms with Crippen LogP contribution in [0.4, 0.5) is 11.4 Å². The second kappa shape index (κ2) is 6.70. The minimum Gasteiger partial charge on any atom is -0.321 e. The van der Waals surface area contributed by atoms with Crippen molar-refractivity contribution in [2.24, 2.45) is 0 Å². The molecule has 0 fully saturated rings. The van der Waals surface area contributed by atoms with Crippen molar-refractivity contribution in [3.8, 4) is 0 Å². The molecule has 3 rings (SSSR count). The lowest BCUT2D eigenvalue weighted by molar-refractivity contribution is -0.384. The molecule has 0 aliphatic carbocycles. The van der Waals surface area contributed by atoms with E-state index in [1.165, 1.54) is 24.3 Å². The zero-order valence-corrected chi connectivity index (χ0v) is 12.5. The summed E-state index contributed by atoms with van der Waals surface area (Å²) in [5, 5.41) is 14.4. The van der Waals surface area contributed by atoms with Crippen LogP contribution < -0.4 is 5.32 Å². The van der Waals surface area contributed by atoms with Crippen LogP contribution in [-0.4, -0.2) is 15.8 Å². The summed E-state index contributed by atoms with van der Waals surface area (Å²) in [5.41, 5.74) is 2.00. The molecule has 0 atom stereocenters. The number of nitro groups is 1. The van der Waals surface area contributed by atoms with Gasteiger partial charge in [0.1, 0.15) is 0 Å². The van der Waals surface area contributed by atoms with E-state index in [0.717, 1.165) is 10.9 Å². The van der Waals surface area contributed by atoms with Crippen molar-refractivity contribution in [1.29, 1.82) is 0 Å². The van der Waals surface area contributed by atoms with Crippen molar-refractivity contribution in [3.63, 3.8) is 0 Å². The molecule has 0 saturated heterocycles. The number of pyridine rings is 1. The third kappa shape index (κ3) is 3.61. The van der Waals surface area contributed by atoms with Crippen LogP contribution in [0.2, 0.25) is 0 Å². The Balaban J connectivity index is 1.72. The number of para-hydroxylation sites is 1. The smallest absolute Gasteiger partial charge is 0.270 e. The molecule has 1 heterocycles. The van der Waals surface area contributed by atoms with Crippen molar-refractivity contribution < 1.29 is 9.72 Å². The maximum Gasteiger partial charge on any atom is 0.270 e. The Labute approximate surface area is 137 Å². The SMILES string of the molecule is O=C(/C=C/c1cccc([N+](=O)[O-])c1)Nc1cnc2ccccc2c1. The molecule has 118 valence electrons. The van der Waals surface area contributed by atoms with Gasteiger partial charge in [0.15, 0.2) is 0 Å². The molecule has 1 amide bonds. The summed E-state index contributed by atoms with van der Waals surface area (Å²) in [6.07, 6.45) is 4.44. The van der Waals surface area contributed by atoms with E-state index < -0.39 is 4.92 Å². The van der Waals surface area contributed by atoms with Gasteiger partial charge < -0.3 is 5.32 Å². The second-order valence-electron chi connectivity index (χ2n) is 5.09. The molecule has 0 aliphatic heterocycles. The van der Waals surface area contributed by atoms with Crippen molar-refractivity contribution in [3.05, 3.63) is 82.5 Å². The van der Waals surface area contributed by atoms with Crippen molar-refractivity contribution in [2.45, 2.75) is 0 Å². The molecule has 0 radical (unpaired) electrons. The van der Waals surface area contributed by atoms with E-state index in [-0.39, 0.29) is 11.6 Å². The Morgan fingerprint density at radius 2 is 1.96 bits per heavy atom. The molecule has 0 unspecified atom stereocenters. The molecule has 0 saturated carbocycles. The summed E-state index contributed by atoms with van der Waals surface area (Å²) in [5.74, 6) is -0.335. The highest BCUT2D eigenvalue weighted by Gasteiger charge is 2.04. The summed E-state index contributed by atoms with van der Waals surface area (Å²) >= 11 is 0. The van der Waals surface area contributed by atoms with Crippen LogP contribution in [0, 0.1) is 10.1 Å². The van der Waals surface area contributed by atoms with Gasteiger partial charge in [-0.3, -0.25) is 19.9 Å². The highest BCUT2D eigenvalue weighted by Crippen LogP contribution is 2.17. The quantitative estimate of drug-likeness (QED) is 0.450. The summed E-state index contributed by atoms with van der Waals surface area (Å²) in [4.78, 5) is 26.5. The van der Waals surface area contributed by atoms with Crippen molar-refractivity contribution in [1.82, 2.24) is 4.98 Å². The van der Waals surface area contributed by atoms with Crippen LogP contribution in [0.25, 0.3) is 17.0 Å². The molecular weight excluding hydrogens is 306 g/mol. The number of benzene rings is 2. The van der Waals surface area contributed by atoms with Gasteiger partial charge in [0.2, 0.25) is 5.91 Å². The normalized spacial score (nSPS) is 10.8. The summed E-state index contributed by atoms with van der Waals surface area (Å²) in [7, 11) is 0. The number of carbonyl (C=O) groups is 1. The zero-order chi connectivity index (χ0) is 16.9. The van der Waals surface area contributed by atoms with Crippen molar-refractivity contribution in [2.75, 3.05) is 5.32 Å². The molecule has 2 aromatic carbocycles. The second-order valence-corrected chi connectivity index (χ2v) is 5.09. The number of nitro benzene ring substituents is 1. The lowest BCUT2D eigenvalue weighted by atomic mass is 10.2. The van der Waals surface area contributed by atoms with Crippen molar-refractivity contribution >= 4 is 34.3 Å². The molecule has 0 bridgehead atoms. The summed E-state index contributed by atoms with van der Waals surface area (Å²) in [6, 6.07) is 15.5. The van der Waals surface area contributed by atoms with E-state index in [1.807, 2.05) is 30.3 Å². The molecule has 0 spiro atoms. The first-order chi connectivity index (χ1) is 11.6.